The number of nitrogens with zero attached hydrogens (tertiary/aromatic N) is 2. The molecular formula is C18H20N2O4S2. The zero-order valence-electron chi connectivity index (χ0n) is 14.3. The molecule has 0 unspecified atom stereocenters. The van der Waals surface area contributed by atoms with Crippen LogP contribution < -0.4 is 0 Å². The summed E-state index contributed by atoms with van der Waals surface area (Å²) in [5.41, 5.74) is 1.48. The predicted octanol–water partition coefficient (Wildman–Crippen LogP) is 1.97. The number of carbonyl (C=O) groups is 1. The normalized spacial score (nSPS) is 18.5. The Labute approximate surface area is 157 Å². The molecular weight excluding hydrogens is 372 g/mol. The standard InChI is InChI=1S/C18H20N2O4S2/c21-18(19-7-9-24-10-8-19)14-2-1-3-16(12-14)26(22,23)20-6-4-17-15(13-20)5-11-25-17/h1-3,5,11-12H,4,6-10,13H2. The van der Waals surface area contributed by atoms with Gasteiger partial charge in [0.05, 0.1) is 18.1 Å². The first-order valence-corrected chi connectivity index (χ1v) is 10.9. The van der Waals surface area contributed by atoms with E-state index in [1.807, 2.05) is 11.4 Å². The van der Waals surface area contributed by atoms with E-state index >= 15 is 0 Å². The summed E-state index contributed by atoms with van der Waals surface area (Å²) in [4.78, 5) is 15.8. The van der Waals surface area contributed by atoms with Crippen molar-refractivity contribution in [1.29, 1.82) is 0 Å². The van der Waals surface area contributed by atoms with E-state index in [0.29, 0.717) is 45.0 Å². The summed E-state index contributed by atoms with van der Waals surface area (Å²) in [7, 11) is -3.63. The van der Waals surface area contributed by atoms with Gasteiger partial charge in [0.15, 0.2) is 0 Å². The van der Waals surface area contributed by atoms with Gasteiger partial charge >= 0.3 is 0 Å². The van der Waals surface area contributed by atoms with Gasteiger partial charge in [-0.05, 0) is 41.6 Å². The first-order valence-electron chi connectivity index (χ1n) is 8.58. The molecule has 1 amide bonds. The molecule has 6 nitrogen and oxygen atoms in total. The van der Waals surface area contributed by atoms with Gasteiger partial charge < -0.3 is 9.64 Å². The molecule has 1 aromatic heterocycles. The number of benzene rings is 1. The molecule has 8 heteroatoms. The van der Waals surface area contributed by atoms with Gasteiger partial charge in [-0.1, -0.05) is 6.07 Å². The number of carbonyl (C=O) groups excluding carboxylic acids is 1. The zero-order chi connectivity index (χ0) is 18.1. The molecule has 0 aliphatic carbocycles. The number of sulfonamides is 1. The van der Waals surface area contributed by atoms with Crippen LogP contribution in [0.1, 0.15) is 20.8 Å². The van der Waals surface area contributed by atoms with Gasteiger partial charge in [0, 0.05) is 36.6 Å². The molecule has 2 aliphatic rings. The Morgan fingerprint density at radius 3 is 2.73 bits per heavy atom. The number of rotatable bonds is 3. The van der Waals surface area contributed by atoms with Crippen LogP contribution in [0.2, 0.25) is 0 Å². The summed E-state index contributed by atoms with van der Waals surface area (Å²) in [6.07, 6.45) is 0.735. The Morgan fingerprint density at radius 1 is 1.12 bits per heavy atom. The van der Waals surface area contributed by atoms with Gasteiger partial charge in [-0.3, -0.25) is 4.79 Å². The van der Waals surface area contributed by atoms with E-state index in [4.69, 9.17) is 4.74 Å². The fourth-order valence-electron chi connectivity index (χ4n) is 3.32. The molecule has 2 aromatic rings. The highest BCUT2D eigenvalue weighted by Gasteiger charge is 2.29. The highest BCUT2D eigenvalue weighted by molar-refractivity contribution is 7.89. The van der Waals surface area contributed by atoms with Crippen molar-refractivity contribution in [2.45, 2.75) is 17.9 Å². The van der Waals surface area contributed by atoms with Crippen molar-refractivity contribution in [3.63, 3.8) is 0 Å². The van der Waals surface area contributed by atoms with E-state index in [9.17, 15) is 13.2 Å². The van der Waals surface area contributed by atoms with Crippen LogP contribution in [0.5, 0.6) is 0 Å². The minimum absolute atomic E-state index is 0.149. The second-order valence-electron chi connectivity index (χ2n) is 6.39. The Bertz CT molecular complexity index is 917. The molecule has 0 bridgehead atoms. The van der Waals surface area contributed by atoms with Crippen LogP contribution in [-0.2, 0) is 27.7 Å². The largest absolute Gasteiger partial charge is 0.378 e. The lowest BCUT2D eigenvalue weighted by Crippen LogP contribution is -2.40. The third kappa shape index (κ3) is 3.29. The molecule has 3 heterocycles. The van der Waals surface area contributed by atoms with Crippen molar-refractivity contribution in [1.82, 2.24) is 9.21 Å². The third-order valence-corrected chi connectivity index (χ3v) is 7.65. The molecule has 26 heavy (non-hydrogen) atoms. The van der Waals surface area contributed by atoms with Crippen molar-refractivity contribution in [3.05, 3.63) is 51.7 Å². The summed E-state index contributed by atoms with van der Waals surface area (Å²) in [6.45, 7) is 2.95. The van der Waals surface area contributed by atoms with Crippen LogP contribution in [0, 0.1) is 0 Å². The van der Waals surface area contributed by atoms with Crippen LogP contribution in [0.3, 0.4) is 0 Å². The van der Waals surface area contributed by atoms with Gasteiger partial charge in [0.1, 0.15) is 0 Å². The molecule has 1 saturated heterocycles. The van der Waals surface area contributed by atoms with E-state index in [-0.39, 0.29) is 10.8 Å². The molecule has 0 N–H and O–H groups in total. The molecule has 1 aromatic carbocycles. The summed E-state index contributed by atoms with van der Waals surface area (Å²) >= 11 is 1.67. The lowest BCUT2D eigenvalue weighted by Gasteiger charge is -2.28. The molecule has 1 fully saturated rings. The average Bonchev–Trinajstić information content (AvgIpc) is 3.16. The smallest absolute Gasteiger partial charge is 0.254 e. The van der Waals surface area contributed by atoms with Crippen LogP contribution >= 0.6 is 11.3 Å². The topological polar surface area (TPSA) is 66.9 Å². The minimum atomic E-state index is -3.63. The Kier molecular flexibility index (Phi) is 4.83. The molecule has 0 atom stereocenters. The Hall–Kier alpha value is -1.74. The number of fused-ring (bicyclic) bond motifs is 1. The van der Waals surface area contributed by atoms with Gasteiger partial charge in [0.25, 0.3) is 5.91 Å². The number of hydrogen-bond acceptors (Lipinski definition) is 5. The quantitative estimate of drug-likeness (QED) is 0.801. The Balaban J connectivity index is 1.58. The van der Waals surface area contributed by atoms with Crippen molar-refractivity contribution in [2.24, 2.45) is 0 Å². The fraction of sp³-hybridized carbons (Fsp3) is 0.389. The third-order valence-electron chi connectivity index (χ3n) is 4.79. The van der Waals surface area contributed by atoms with Crippen molar-refractivity contribution in [3.8, 4) is 0 Å². The molecule has 0 spiro atoms. The van der Waals surface area contributed by atoms with E-state index in [1.165, 1.54) is 15.2 Å². The number of thiophene rings is 1. The van der Waals surface area contributed by atoms with Crippen LogP contribution in [0.15, 0.2) is 40.6 Å². The number of hydrogen-bond donors (Lipinski definition) is 0. The SMILES string of the molecule is O=C(c1cccc(S(=O)(=O)N2CCc3sccc3C2)c1)N1CCOCC1. The average molecular weight is 393 g/mol. The maximum atomic E-state index is 13.1. The highest BCUT2D eigenvalue weighted by Crippen LogP contribution is 2.28. The van der Waals surface area contributed by atoms with Crippen molar-refractivity contribution in [2.75, 3.05) is 32.8 Å². The van der Waals surface area contributed by atoms with Gasteiger partial charge in [-0.25, -0.2) is 8.42 Å². The predicted molar refractivity (Wildman–Crippen MR) is 98.8 cm³/mol. The molecule has 0 saturated carbocycles. The maximum absolute atomic E-state index is 13.1. The number of amides is 1. The highest BCUT2D eigenvalue weighted by atomic mass is 32.2. The lowest BCUT2D eigenvalue weighted by molar-refractivity contribution is 0.0302. The van der Waals surface area contributed by atoms with Crippen molar-refractivity contribution >= 4 is 27.3 Å². The minimum Gasteiger partial charge on any atom is -0.378 e. The summed E-state index contributed by atoms with van der Waals surface area (Å²) in [5, 5.41) is 2.00. The van der Waals surface area contributed by atoms with Crippen LogP contribution in [-0.4, -0.2) is 56.4 Å². The molecule has 4 rings (SSSR count). The van der Waals surface area contributed by atoms with E-state index < -0.39 is 10.0 Å². The first kappa shape index (κ1) is 17.7. The molecule has 138 valence electrons. The fourth-order valence-corrected chi connectivity index (χ4v) is 5.67. The van der Waals surface area contributed by atoms with Crippen LogP contribution in [0.25, 0.3) is 0 Å². The summed E-state index contributed by atoms with van der Waals surface area (Å²) in [5.74, 6) is -0.149. The van der Waals surface area contributed by atoms with Gasteiger partial charge in [-0.15, -0.1) is 11.3 Å². The summed E-state index contributed by atoms with van der Waals surface area (Å²) < 4.78 is 32.9. The lowest BCUT2D eigenvalue weighted by atomic mass is 10.1. The van der Waals surface area contributed by atoms with Crippen molar-refractivity contribution < 1.29 is 17.9 Å². The number of morpholine rings is 1. The molecule has 2 aliphatic heterocycles. The van der Waals surface area contributed by atoms with E-state index in [0.717, 1.165) is 12.0 Å². The number of ether oxygens (including phenoxy) is 1. The van der Waals surface area contributed by atoms with Gasteiger partial charge in [-0.2, -0.15) is 4.31 Å². The monoisotopic (exact) mass is 392 g/mol. The van der Waals surface area contributed by atoms with Gasteiger partial charge in [0.2, 0.25) is 10.0 Å². The second kappa shape index (κ2) is 7.11. The van der Waals surface area contributed by atoms with Crippen LogP contribution in [0.4, 0.5) is 0 Å². The summed E-state index contributed by atoms with van der Waals surface area (Å²) in [6, 6.07) is 8.36. The van der Waals surface area contributed by atoms with E-state index in [1.54, 1.807) is 34.4 Å². The zero-order valence-corrected chi connectivity index (χ0v) is 15.9. The maximum Gasteiger partial charge on any atom is 0.254 e. The second-order valence-corrected chi connectivity index (χ2v) is 9.33. The molecule has 0 radical (unpaired) electrons. The van der Waals surface area contributed by atoms with E-state index in [2.05, 4.69) is 0 Å². The Morgan fingerprint density at radius 2 is 1.92 bits per heavy atom. The first-order chi connectivity index (χ1) is 12.6.